The third-order valence-corrected chi connectivity index (χ3v) is 6.45. The molecule has 2 aromatic carbocycles. The number of ketones is 1. The lowest BCUT2D eigenvalue weighted by Gasteiger charge is -2.27. The molecule has 1 aromatic heterocycles. The number of ether oxygens (including phenoxy) is 2. The fraction of sp³-hybridized carbons (Fsp3) is 0.286. The number of rotatable bonds is 8. The Hall–Kier alpha value is -4.44. The highest BCUT2D eigenvalue weighted by molar-refractivity contribution is 6.13. The highest BCUT2D eigenvalue weighted by Crippen LogP contribution is 2.38. The van der Waals surface area contributed by atoms with E-state index in [9.17, 15) is 19.5 Å². The van der Waals surface area contributed by atoms with Crippen LogP contribution in [0.1, 0.15) is 49.5 Å². The van der Waals surface area contributed by atoms with Gasteiger partial charge in [-0.15, -0.1) is 0 Å². The van der Waals surface area contributed by atoms with Gasteiger partial charge in [-0.2, -0.15) is 0 Å². The van der Waals surface area contributed by atoms with Gasteiger partial charge >= 0.3 is 0 Å². The average Bonchev–Trinajstić information content (AvgIpc) is 3.17. The van der Waals surface area contributed by atoms with Gasteiger partial charge in [0.1, 0.15) is 11.3 Å². The number of pyridine rings is 1. The molecule has 2 heterocycles. The predicted octanol–water partition coefficient (Wildman–Crippen LogP) is 2.32. The molecule has 2 atom stereocenters. The van der Waals surface area contributed by atoms with Crippen molar-refractivity contribution in [1.82, 2.24) is 20.9 Å². The number of hydrogen-bond acceptors (Lipinski definition) is 8. The van der Waals surface area contributed by atoms with Crippen LogP contribution in [0, 0.1) is 0 Å². The number of aromatic nitrogens is 1. The van der Waals surface area contributed by atoms with Gasteiger partial charge in [0, 0.05) is 35.6 Å². The van der Waals surface area contributed by atoms with E-state index >= 15 is 0 Å². The quantitative estimate of drug-likeness (QED) is 0.333. The SMILES string of the molecule is COc1ccc(O)c(C(=O)c2ccc(C(=O)N[C@@H]3CCCNC[C@H]3NC(=O)c3ccncc3)cc2)c1OC. The second-order valence-electron chi connectivity index (χ2n) is 8.84. The van der Waals surface area contributed by atoms with Crippen LogP contribution in [0.25, 0.3) is 0 Å². The predicted molar refractivity (Wildman–Crippen MR) is 140 cm³/mol. The Balaban J connectivity index is 1.48. The minimum Gasteiger partial charge on any atom is -0.507 e. The minimum atomic E-state index is -0.473. The van der Waals surface area contributed by atoms with Gasteiger partial charge < -0.3 is 30.5 Å². The molecular weight excluding hydrogens is 488 g/mol. The number of amides is 2. The monoisotopic (exact) mass is 518 g/mol. The molecule has 0 spiro atoms. The van der Waals surface area contributed by atoms with E-state index in [1.165, 1.54) is 38.5 Å². The van der Waals surface area contributed by atoms with Crippen LogP contribution in [0.5, 0.6) is 17.2 Å². The number of nitrogens with zero attached hydrogens (tertiary/aromatic N) is 1. The van der Waals surface area contributed by atoms with Crippen molar-refractivity contribution >= 4 is 17.6 Å². The van der Waals surface area contributed by atoms with Crippen molar-refractivity contribution in [1.29, 1.82) is 0 Å². The van der Waals surface area contributed by atoms with Crippen LogP contribution in [0.3, 0.4) is 0 Å². The van der Waals surface area contributed by atoms with E-state index in [2.05, 4.69) is 20.9 Å². The highest BCUT2D eigenvalue weighted by Gasteiger charge is 2.28. The molecule has 0 bridgehead atoms. The molecule has 0 aliphatic carbocycles. The second-order valence-corrected chi connectivity index (χ2v) is 8.84. The summed E-state index contributed by atoms with van der Waals surface area (Å²) in [4.78, 5) is 42.9. The van der Waals surface area contributed by atoms with E-state index in [0.29, 0.717) is 29.8 Å². The summed E-state index contributed by atoms with van der Waals surface area (Å²) in [6.45, 7) is 1.30. The van der Waals surface area contributed by atoms with Gasteiger partial charge in [-0.05, 0) is 55.8 Å². The zero-order valence-electron chi connectivity index (χ0n) is 21.2. The molecule has 1 aliphatic heterocycles. The first-order valence-corrected chi connectivity index (χ1v) is 12.2. The lowest BCUT2D eigenvalue weighted by molar-refractivity contribution is 0.0882. The van der Waals surface area contributed by atoms with Gasteiger partial charge in [0.05, 0.1) is 26.3 Å². The van der Waals surface area contributed by atoms with Crippen LogP contribution in [-0.4, -0.2) is 67.1 Å². The summed E-state index contributed by atoms with van der Waals surface area (Å²) in [5, 5.41) is 19.7. The molecule has 0 unspecified atom stereocenters. The molecule has 0 saturated carbocycles. The topological polar surface area (TPSA) is 139 Å². The van der Waals surface area contributed by atoms with Crippen molar-refractivity contribution in [3.63, 3.8) is 0 Å². The van der Waals surface area contributed by atoms with E-state index in [0.717, 1.165) is 13.0 Å². The van der Waals surface area contributed by atoms with E-state index < -0.39 is 5.78 Å². The second kappa shape index (κ2) is 12.2. The molecule has 2 amide bonds. The van der Waals surface area contributed by atoms with Gasteiger partial charge in [0.15, 0.2) is 11.5 Å². The van der Waals surface area contributed by atoms with Crippen LogP contribution in [0.4, 0.5) is 0 Å². The molecule has 3 aromatic rings. The van der Waals surface area contributed by atoms with Crippen LogP contribution < -0.4 is 25.4 Å². The Morgan fingerprint density at radius 1 is 0.868 bits per heavy atom. The first-order valence-electron chi connectivity index (χ1n) is 12.2. The van der Waals surface area contributed by atoms with Gasteiger partial charge in [0.25, 0.3) is 11.8 Å². The number of aromatic hydroxyl groups is 1. The number of nitrogens with one attached hydrogen (secondary N) is 3. The minimum absolute atomic E-state index is 0.0252. The molecule has 10 nitrogen and oxygen atoms in total. The molecule has 1 aliphatic rings. The fourth-order valence-corrected chi connectivity index (χ4v) is 4.43. The Morgan fingerprint density at radius 2 is 1.50 bits per heavy atom. The summed E-state index contributed by atoms with van der Waals surface area (Å²) >= 11 is 0. The largest absolute Gasteiger partial charge is 0.507 e. The van der Waals surface area contributed by atoms with Crippen molar-refractivity contribution in [3.8, 4) is 17.2 Å². The highest BCUT2D eigenvalue weighted by atomic mass is 16.5. The number of carbonyl (C=O) groups excluding carboxylic acids is 3. The molecule has 0 radical (unpaired) electrons. The fourth-order valence-electron chi connectivity index (χ4n) is 4.43. The average molecular weight is 519 g/mol. The molecule has 198 valence electrons. The summed E-state index contributed by atoms with van der Waals surface area (Å²) in [5.41, 5.74) is 1.10. The van der Waals surface area contributed by atoms with Gasteiger partial charge in [0.2, 0.25) is 5.78 Å². The van der Waals surface area contributed by atoms with Crippen molar-refractivity contribution in [2.24, 2.45) is 0 Å². The molecular formula is C28H30N4O6. The lowest BCUT2D eigenvalue weighted by atomic mass is 9.99. The third-order valence-electron chi connectivity index (χ3n) is 6.45. The number of methoxy groups -OCH3 is 2. The van der Waals surface area contributed by atoms with E-state index in [1.807, 2.05) is 0 Å². The van der Waals surface area contributed by atoms with E-state index in [-0.39, 0.29) is 46.5 Å². The van der Waals surface area contributed by atoms with Gasteiger partial charge in [-0.1, -0.05) is 12.1 Å². The summed E-state index contributed by atoms with van der Waals surface area (Å²) in [6, 6.07) is 11.7. The summed E-state index contributed by atoms with van der Waals surface area (Å²) in [7, 11) is 2.83. The van der Waals surface area contributed by atoms with Crippen LogP contribution in [0.2, 0.25) is 0 Å². The summed E-state index contributed by atoms with van der Waals surface area (Å²) in [5.74, 6) is -0.829. The zero-order valence-corrected chi connectivity index (χ0v) is 21.2. The van der Waals surface area contributed by atoms with E-state index in [4.69, 9.17) is 9.47 Å². The van der Waals surface area contributed by atoms with Gasteiger partial charge in [-0.25, -0.2) is 0 Å². The van der Waals surface area contributed by atoms with Crippen LogP contribution in [-0.2, 0) is 0 Å². The maximum absolute atomic E-state index is 13.2. The van der Waals surface area contributed by atoms with Crippen molar-refractivity contribution in [3.05, 3.63) is 83.2 Å². The van der Waals surface area contributed by atoms with Crippen molar-refractivity contribution in [2.45, 2.75) is 24.9 Å². The van der Waals surface area contributed by atoms with E-state index in [1.54, 1.807) is 36.7 Å². The van der Waals surface area contributed by atoms with Crippen LogP contribution in [0.15, 0.2) is 60.9 Å². The van der Waals surface area contributed by atoms with Crippen LogP contribution >= 0.6 is 0 Å². The lowest BCUT2D eigenvalue weighted by Crippen LogP contribution is -2.54. The first kappa shape index (κ1) is 26.6. The number of carbonyl (C=O) groups is 3. The number of phenolic OH excluding ortho intramolecular Hbond substituents is 1. The number of hydrogen-bond donors (Lipinski definition) is 4. The smallest absolute Gasteiger partial charge is 0.251 e. The molecule has 38 heavy (non-hydrogen) atoms. The maximum Gasteiger partial charge on any atom is 0.251 e. The summed E-state index contributed by atoms with van der Waals surface area (Å²) < 4.78 is 10.5. The molecule has 4 N–H and O–H groups in total. The Morgan fingerprint density at radius 3 is 2.16 bits per heavy atom. The summed E-state index contributed by atoms with van der Waals surface area (Å²) in [6.07, 6.45) is 4.64. The zero-order chi connectivity index (χ0) is 27.1. The number of phenols is 1. The molecule has 10 heteroatoms. The standard InChI is InChI=1S/C28H30N4O6/c1-37-23-10-9-22(33)24(26(23)38-2)25(34)17-5-7-18(8-6-17)27(35)31-20-4-3-13-30-16-21(20)32-28(36)19-11-14-29-15-12-19/h5-12,14-15,20-21,30,33H,3-4,13,16H2,1-2H3,(H,31,35)(H,32,36)/t20-,21-/m1/s1. The van der Waals surface area contributed by atoms with Crippen molar-refractivity contribution < 1.29 is 29.0 Å². The Kier molecular flexibility index (Phi) is 8.55. The number of benzene rings is 2. The molecule has 4 rings (SSSR count). The van der Waals surface area contributed by atoms with Gasteiger partial charge in [-0.3, -0.25) is 19.4 Å². The van der Waals surface area contributed by atoms with Crippen molar-refractivity contribution in [2.75, 3.05) is 27.3 Å². The first-order chi connectivity index (χ1) is 18.4. The normalized spacial score (nSPS) is 17.1. The maximum atomic E-state index is 13.2. The Labute approximate surface area is 220 Å². The third kappa shape index (κ3) is 5.92. The Bertz CT molecular complexity index is 1300. The molecule has 1 saturated heterocycles. The molecule has 1 fully saturated rings.